The molecule has 0 saturated heterocycles. The fourth-order valence-corrected chi connectivity index (χ4v) is 4.48. The minimum absolute atomic E-state index is 0.0551. The molecule has 0 bridgehead atoms. The van der Waals surface area contributed by atoms with Crippen LogP contribution in [0.5, 0.6) is 5.75 Å². The zero-order valence-corrected chi connectivity index (χ0v) is 21.5. The Bertz CT molecular complexity index is 645. The average Bonchev–Trinajstić information content (AvgIpc) is 2.84. The maximum Gasteiger partial charge on any atom is 0.321 e. The molecule has 1 saturated carbocycles. The van der Waals surface area contributed by atoms with Gasteiger partial charge >= 0.3 is 6.03 Å². The summed E-state index contributed by atoms with van der Waals surface area (Å²) in [4.78, 5) is 16.9. The number of benzene rings is 1. The monoisotopic (exact) mass is 461 g/mol. The fraction of sp³-hybridized carbons (Fsp3) is 0.741. The van der Waals surface area contributed by atoms with Crippen LogP contribution in [-0.4, -0.2) is 68.9 Å². The maximum atomic E-state index is 12.6. The van der Waals surface area contributed by atoms with Crippen LogP contribution in [0.1, 0.15) is 77.6 Å². The van der Waals surface area contributed by atoms with Crippen LogP contribution >= 0.6 is 0 Å². The number of carbonyl (C=O) groups excluding carboxylic acids is 1. The van der Waals surface area contributed by atoms with Gasteiger partial charge in [-0.15, -0.1) is 0 Å². The number of rotatable bonds is 15. The van der Waals surface area contributed by atoms with E-state index >= 15 is 0 Å². The zero-order valence-electron chi connectivity index (χ0n) is 21.5. The molecule has 33 heavy (non-hydrogen) atoms. The van der Waals surface area contributed by atoms with E-state index in [1.807, 2.05) is 36.2 Å². The highest BCUT2D eigenvalue weighted by atomic mass is 16.5. The quantitative estimate of drug-likeness (QED) is 0.317. The van der Waals surface area contributed by atoms with Crippen molar-refractivity contribution >= 4 is 11.7 Å². The first kappa shape index (κ1) is 27.5. The molecule has 0 aromatic heterocycles. The molecular weight excluding hydrogens is 414 g/mol. The largest absolute Gasteiger partial charge is 0.497 e. The molecule has 0 spiro atoms. The predicted octanol–water partition coefficient (Wildman–Crippen LogP) is 6.17. The van der Waals surface area contributed by atoms with Crippen LogP contribution in [0.25, 0.3) is 0 Å². The van der Waals surface area contributed by atoms with Crippen molar-refractivity contribution in [1.29, 1.82) is 0 Å². The second-order valence-electron chi connectivity index (χ2n) is 9.50. The fourth-order valence-electron chi connectivity index (χ4n) is 4.48. The topological polar surface area (TPSA) is 54.0 Å². The normalized spacial score (nSPS) is 18.3. The summed E-state index contributed by atoms with van der Waals surface area (Å²) in [5, 5.41) is 2.98. The Morgan fingerprint density at radius 1 is 0.939 bits per heavy atom. The number of hydrogen-bond donors (Lipinski definition) is 1. The van der Waals surface area contributed by atoms with Crippen LogP contribution in [0, 0.1) is 0 Å². The van der Waals surface area contributed by atoms with Gasteiger partial charge in [-0.05, 0) is 89.3 Å². The van der Waals surface area contributed by atoms with Crippen molar-refractivity contribution in [3.05, 3.63) is 24.3 Å². The molecule has 2 amide bonds. The summed E-state index contributed by atoms with van der Waals surface area (Å²) in [6, 6.07) is 7.65. The van der Waals surface area contributed by atoms with Gasteiger partial charge in [0.25, 0.3) is 0 Å². The van der Waals surface area contributed by atoms with Crippen molar-refractivity contribution < 1.29 is 14.3 Å². The molecule has 6 heteroatoms. The van der Waals surface area contributed by atoms with Gasteiger partial charge in [-0.3, -0.25) is 0 Å². The molecule has 188 valence electrons. The number of nitrogens with zero attached hydrogens (tertiary/aromatic N) is 2. The van der Waals surface area contributed by atoms with Crippen LogP contribution in [-0.2, 0) is 4.74 Å². The highest BCUT2D eigenvalue weighted by Crippen LogP contribution is 2.25. The molecule has 0 radical (unpaired) electrons. The Morgan fingerprint density at radius 3 is 2.21 bits per heavy atom. The summed E-state index contributed by atoms with van der Waals surface area (Å²) in [6.45, 7) is 5.58. The SMILES string of the molecule is CCCCCN(C)CCCCCCOC1CCC(N(C)C(=O)Nc2ccc(OC)cc2)CC1. The third kappa shape index (κ3) is 10.8. The second kappa shape index (κ2) is 15.9. The van der Waals surface area contributed by atoms with E-state index in [4.69, 9.17) is 9.47 Å². The summed E-state index contributed by atoms with van der Waals surface area (Å²) in [5.41, 5.74) is 0.785. The van der Waals surface area contributed by atoms with Crippen molar-refractivity contribution in [2.45, 2.75) is 89.7 Å². The molecule has 1 N–H and O–H groups in total. The third-order valence-corrected chi connectivity index (χ3v) is 6.78. The highest BCUT2D eigenvalue weighted by Gasteiger charge is 2.27. The lowest BCUT2D eigenvalue weighted by Crippen LogP contribution is -2.42. The molecule has 1 aliphatic rings. The van der Waals surface area contributed by atoms with Gasteiger partial charge in [-0.25, -0.2) is 4.79 Å². The van der Waals surface area contributed by atoms with E-state index in [9.17, 15) is 4.79 Å². The standard InChI is InChI=1S/C27H47N3O3/c1-5-6-9-20-29(2)21-10-7-8-11-22-33-26-18-14-24(15-19-26)30(3)27(31)28-23-12-16-25(32-4)17-13-23/h12-13,16-17,24,26H,5-11,14-15,18-22H2,1-4H3,(H,28,31). The average molecular weight is 462 g/mol. The van der Waals surface area contributed by atoms with E-state index in [0.29, 0.717) is 6.10 Å². The van der Waals surface area contributed by atoms with Gasteiger partial charge in [0.15, 0.2) is 0 Å². The van der Waals surface area contributed by atoms with Crippen molar-refractivity contribution in [2.24, 2.45) is 0 Å². The Morgan fingerprint density at radius 2 is 1.58 bits per heavy atom. The van der Waals surface area contributed by atoms with Crippen LogP contribution < -0.4 is 10.1 Å². The first-order valence-electron chi connectivity index (χ1n) is 13.0. The minimum Gasteiger partial charge on any atom is -0.497 e. The lowest BCUT2D eigenvalue weighted by molar-refractivity contribution is 0.0130. The van der Waals surface area contributed by atoms with Gasteiger partial charge in [0.05, 0.1) is 13.2 Å². The minimum atomic E-state index is -0.0551. The molecule has 2 rings (SSSR count). The van der Waals surface area contributed by atoms with Crippen molar-refractivity contribution in [3.63, 3.8) is 0 Å². The summed E-state index contributed by atoms with van der Waals surface area (Å²) >= 11 is 0. The van der Waals surface area contributed by atoms with Crippen LogP contribution in [0.3, 0.4) is 0 Å². The first-order valence-corrected chi connectivity index (χ1v) is 13.0. The van der Waals surface area contributed by atoms with E-state index < -0.39 is 0 Å². The van der Waals surface area contributed by atoms with Gasteiger partial charge in [-0.2, -0.15) is 0 Å². The summed E-state index contributed by atoms with van der Waals surface area (Å²) in [6.07, 6.45) is 13.4. The van der Waals surface area contributed by atoms with Gasteiger partial charge in [0.1, 0.15) is 5.75 Å². The highest BCUT2D eigenvalue weighted by molar-refractivity contribution is 5.89. The molecular formula is C27H47N3O3. The number of methoxy groups -OCH3 is 1. The molecule has 1 aromatic rings. The number of nitrogens with one attached hydrogen (secondary N) is 1. The lowest BCUT2D eigenvalue weighted by atomic mass is 9.92. The van der Waals surface area contributed by atoms with E-state index in [1.165, 1.54) is 51.6 Å². The van der Waals surface area contributed by atoms with E-state index in [-0.39, 0.29) is 12.1 Å². The Hall–Kier alpha value is -1.79. The number of unbranched alkanes of at least 4 members (excludes halogenated alkanes) is 5. The zero-order chi connectivity index (χ0) is 23.9. The number of carbonyl (C=O) groups is 1. The van der Waals surface area contributed by atoms with Gasteiger partial charge < -0.3 is 24.6 Å². The number of urea groups is 1. The number of hydrogen-bond acceptors (Lipinski definition) is 4. The summed E-state index contributed by atoms with van der Waals surface area (Å²) in [7, 11) is 5.78. The van der Waals surface area contributed by atoms with E-state index in [1.54, 1.807) is 7.11 Å². The summed E-state index contributed by atoms with van der Waals surface area (Å²) in [5.74, 6) is 0.782. The van der Waals surface area contributed by atoms with Crippen molar-refractivity contribution in [3.8, 4) is 5.75 Å². The smallest absolute Gasteiger partial charge is 0.321 e. The molecule has 1 fully saturated rings. The van der Waals surface area contributed by atoms with Crippen LogP contribution in [0.4, 0.5) is 10.5 Å². The molecule has 1 aromatic carbocycles. The molecule has 0 unspecified atom stereocenters. The van der Waals surface area contributed by atoms with Crippen LogP contribution in [0.2, 0.25) is 0 Å². The lowest BCUT2D eigenvalue weighted by Gasteiger charge is -2.34. The predicted molar refractivity (Wildman–Crippen MR) is 137 cm³/mol. The van der Waals surface area contributed by atoms with Gasteiger partial charge in [0, 0.05) is 25.4 Å². The maximum absolute atomic E-state index is 12.6. The van der Waals surface area contributed by atoms with Crippen molar-refractivity contribution in [1.82, 2.24) is 9.80 Å². The van der Waals surface area contributed by atoms with Gasteiger partial charge in [-0.1, -0.05) is 32.6 Å². The van der Waals surface area contributed by atoms with Crippen molar-refractivity contribution in [2.75, 3.05) is 46.2 Å². The molecule has 0 heterocycles. The van der Waals surface area contributed by atoms with Gasteiger partial charge in [0.2, 0.25) is 0 Å². The Balaban J connectivity index is 1.52. The Labute approximate surface area is 202 Å². The molecule has 1 aliphatic carbocycles. The Kier molecular flexibility index (Phi) is 13.3. The molecule has 0 aliphatic heterocycles. The number of anilines is 1. The van der Waals surface area contributed by atoms with E-state index in [2.05, 4.69) is 24.2 Å². The summed E-state index contributed by atoms with van der Waals surface area (Å²) < 4.78 is 11.3. The number of amides is 2. The number of ether oxygens (including phenoxy) is 2. The molecule has 6 nitrogen and oxygen atoms in total. The molecule has 0 atom stereocenters. The third-order valence-electron chi connectivity index (χ3n) is 6.78. The van der Waals surface area contributed by atoms with Crippen LogP contribution in [0.15, 0.2) is 24.3 Å². The first-order chi connectivity index (χ1) is 16.0. The second-order valence-corrected chi connectivity index (χ2v) is 9.50. The van der Waals surface area contributed by atoms with E-state index in [0.717, 1.165) is 50.1 Å².